The zero-order valence-electron chi connectivity index (χ0n) is 19.2. The van der Waals surface area contributed by atoms with Gasteiger partial charge in [-0.1, -0.05) is 42.5 Å². The molecule has 3 aromatic carbocycles. The van der Waals surface area contributed by atoms with E-state index in [9.17, 15) is 14.4 Å². The van der Waals surface area contributed by atoms with Crippen LogP contribution in [0.4, 0.5) is 5.69 Å². The van der Waals surface area contributed by atoms with Gasteiger partial charge in [-0.2, -0.15) is 0 Å². The van der Waals surface area contributed by atoms with Gasteiger partial charge in [0.05, 0.1) is 37.1 Å². The van der Waals surface area contributed by atoms with Crippen molar-refractivity contribution in [2.45, 2.75) is 13.0 Å². The molecule has 0 spiro atoms. The molecule has 0 saturated heterocycles. The van der Waals surface area contributed by atoms with Crippen molar-refractivity contribution in [2.75, 3.05) is 26.1 Å². The summed E-state index contributed by atoms with van der Waals surface area (Å²) in [5.74, 6) is -0.780. The van der Waals surface area contributed by atoms with Crippen LogP contribution in [-0.2, 0) is 9.53 Å². The number of anilines is 1. The maximum Gasteiger partial charge on any atom is 0.338 e. The zero-order valence-corrected chi connectivity index (χ0v) is 19.2. The van der Waals surface area contributed by atoms with Gasteiger partial charge in [0.1, 0.15) is 0 Å². The number of carbonyl (C=O) groups excluding carboxylic acids is 3. The molecule has 0 aliphatic rings. The SMILES string of the molecule is COc1ccc(C(=O)OCC(=O)Nc2ccccc2C(=O)NC(C)c2ccccc2)cc1OC. The van der Waals surface area contributed by atoms with Gasteiger partial charge in [0.2, 0.25) is 0 Å². The maximum atomic E-state index is 12.8. The van der Waals surface area contributed by atoms with Crippen molar-refractivity contribution in [3.8, 4) is 11.5 Å². The summed E-state index contributed by atoms with van der Waals surface area (Å²) in [5.41, 5.74) is 1.77. The lowest BCUT2D eigenvalue weighted by Crippen LogP contribution is -2.28. The highest BCUT2D eigenvalue weighted by Crippen LogP contribution is 2.27. The standard InChI is InChI=1S/C26H26N2O6/c1-17(18-9-5-4-6-10-18)27-25(30)20-11-7-8-12-21(20)28-24(29)16-34-26(31)19-13-14-22(32-2)23(15-19)33-3/h4-15,17H,16H2,1-3H3,(H,27,30)(H,28,29). The van der Waals surface area contributed by atoms with Gasteiger partial charge in [0.25, 0.3) is 11.8 Å². The quantitative estimate of drug-likeness (QED) is 0.466. The first-order chi connectivity index (χ1) is 16.4. The van der Waals surface area contributed by atoms with Crippen LogP contribution in [0, 0.1) is 0 Å². The lowest BCUT2D eigenvalue weighted by Gasteiger charge is -2.16. The van der Waals surface area contributed by atoms with Gasteiger partial charge in [0.15, 0.2) is 18.1 Å². The monoisotopic (exact) mass is 462 g/mol. The second-order valence-electron chi connectivity index (χ2n) is 7.35. The molecule has 0 aliphatic heterocycles. The molecule has 0 heterocycles. The topological polar surface area (TPSA) is 103 Å². The van der Waals surface area contributed by atoms with Gasteiger partial charge in [-0.25, -0.2) is 4.79 Å². The molecular formula is C26H26N2O6. The average molecular weight is 463 g/mol. The Morgan fingerprint density at radius 1 is 0.853 bits per heavy atom. The highest BCUT2D eigenvalue weighted by atomic mass is 16.5. The fourth-order valence-electron chi connectivity index (χ4n) is 3.25. The summed E-state index contributed by atoms with van der Waals surface area (Å²) in [6.07, 6.45) is 0. The molecule has 0 aliphatic carbocycles. The summed E-state index contributed by atoms with van der Waals surface area (Å²) >= 11 is 0. The summed E-state index contributed by atoms with van der Waals surface area (Å²) in [4.78, 5) is 37.6. The van der Waals surface area contributed by atoms with Crippen LogP contribution < -0.4 is 20.1 Å². The first-order valence-electron chi connectivity index (χ1n) is 10.6. The van der Waals surface area contributed by atoms with Gasteiger partial charge < -0.3 is 24.8 Å². The van der Waals surface area contributed by atoms with E-state index in [1.807, 2.05) is 37.3 Å². The van der Waals surface area contributed by atoms with Crippen LogP contribution in [0.2, 0.25) is 0 Å². The Labute approximate surface area is 197 Å². The van der Waals surface area contributed by atoms with Gasteiger partial charge in [0, 0.05) is 0 Å². The Morgan fingerprint density at radius 2 is 1.53 bits per heavy atom. The van der Waals surface area contributed by atoms with E-state index in [1.165, 1.54) is 26.4 Å². The Balaban J connectivity index is 1.61. The number of esters is 1. The number of nitrogens with one attached hydrogen (secondary N) is 2. The van der Waals surface area contributed by atoms with Crippen molar-refractivity contribution in [2.24, 2.45) is 0 Å². The first-order valence-corrected chi connectivity index (χ1v) is 10.6. The molecule has 8 nitrogen and oxygen atoms in total. The third-order valence-corrected chi connectivity index (χ3v) is 5.05. The fraction of sp³-hybridized carbons (Fsp3) is 0.192. The summed E-state index contributed by atoms with van der Waals surface area (Å²) in [6.45, 7) is 1.35. The van der Waals surface area contributed by atoms with Crippen molar-refractivity contribution < 1.29 is 28.6 Å². The number of hydrogen-bond acceptors (Lipinski definition) is 6. The minimum atomic E-state index is -0.696. The van der Waals surface area contributed by atoms with E-state index in [2.05, 4.69) is 10.6 Å². The van der Waals surface area contributed by atoms with Crippen LogP contribution in [0.25, 0.3) is 0 Å². The molecule has 34 heavy (non-hydrogen) atoms. The van der Waals surface area contributed by atoms with Gasteiger partial charge in [-0.15, -0.1) is 0 Å². The molecule has 0 saturated carbocycles. The lowest BCUT2D eigenvalue weighted by atomic mass is 10.1. The normalized spacial score (nSPS) is 11.1. The molecule has 1 unspecified atom stereocenters. The first kappa shape index (κ1) is 24.3. The molecule has 8 heteroatoms. The third-order valence-electron chi connectivity index (χ3n) is 5.05. The second-order valence-corrected chi connectivity index (χ2v) is 7.35. The second kappa shape index (κ2) is 11.5. The highest BCUT2D eigenvalue weighted by Gasteiger charge is 2.18. The number of amides is 2. The molecule has 2 amide bonds. The van der Waals surface area contributed by atoms with Crippen molar-refractivity contribution >= 4 is 23.5 Å². The smallest absolute Gasteiger partial charge is 0.338 e. The number of methoxy groups -OCH3 is 2. The summed E-state index contributed by atoms with van der Waals surface area (Å²) < 4.78 is 15.4. The van der Waals surface area contributed by atoms with Crippen LogP contribution in [-0.4, -0.2) is 38.6 Å². The number of para-hydroxylation sites is 1. The van der Waals surface area contributed by atoms with E-state index >= 15 is 0 Å². The molecule has 0 bridgehead atoms. The molecule has 2 N–H and O–H groups in total. The van der Waals surface area contributed by atoms with E-state index in [-0.39, 0.29) is 17.5 Å². The van der Waals surface area contributed by atoms with Gasteiger partial charge >= 0.3 is 5.97 Å². The van der Waals surface area contributed by atoms with Gasteiger partial charge in [-0.3, -0.25) is 9.59 Å². The Morgan fingerprint density at radius 3 is 2.24 bits per heavy atom. The Kier molecular flexibility index (Phi) is 8.23. The zero-order chi connectivity index (χ0) is 24.5. The fourth-order valence-corrected chi connectivity index (χ4v) is 3.25. The molecular weight excluding hydrogens is 436 g/mol. The molecule has 3 rings (SSSR count). The number of benzene rings is 3. The molecule has 3 aromatic rings. The number of hydrogen-bond donors (Lipinski definition) is 2. The summed E-state index contributed by atoms with van der Waals surface area (Å²) in [7, 11) is 2.94. The van der Waals surface area contributed by atoms with Crippen LogP contribution >= 0.6 is 0 Å². The number of ether oxygens (including phenoxy) is 3. The van der Waals surface area contributed by atoms with Crippen molar-refractivity contribution in [3.63, 3.8) is 0 Å². The van der Waals surface area contributed by atoms with Crippen LogP contribution in [0.1, 0.15) is 39.2 Å². The predicted octanol–water partition coefficient (Wildman–Crippen LogP) is 3.99. The van der Waals surface area contributed by atoms with Crippen molar-refractivity contribution in [3.05, 3.63) is 89.5 Å². The highest BCUT2D eigenvalue weighted by molar-refractivity contribution is 6.04. The molecule has 0 aromatic heterocycles. The van der Waals surface area contributed by atoms with E-state index < -0.39 is 18.5 Å². The van der Waals surface area contributed by atoms with Crippen LogP contribution in [0.3, 0.4) is 0 Å². The van der Waals surface area contributed by atoms with Crippen molar-refractivity contribution in [1.29, 1.82) is 0 Å². The lowest BCUT2D eigenvalue weighted by molar-refractivity contribution is -0.119. The van der Waals surface area contributed by atoms with Gasteiger partial charge in [-0.05, 0) is 42.8 Å². The largest absolute Gasteiger partial charge is 0.493 e. The third kappa shape index (κ3) is 6.13. The predicted molar refractivity (Wildman–Crippen MR) is 127 cm³/mol. The average Bonchev–Trinajstić information content (AvgIpc) is 2.87. The molecule has 0 fully saturated rings. The Hall–Kier alpha value is -4.33. The van der Waals surface area contributed by atoms with E-state index in [4.69, 9.17) is 14.2 Å². The molecule has 1 atom stereocenters. The molecule has 176 valence electrons. The minimum absolute atomic E-state index is 0.208. The van der Waals surface area contributed by atoms with E-state index in [0.29, 0.717) is 22.7 Å². The van der Waals surface area contributed by atoms with E-state index in [0.717, 1.165) is 5.56 Å². The number of carbonyl (C=O) groups is 3. The number of rotatable bonds is 9. The van der Waals surface area contributed by atoms with E-state index in [1.54, 1.807) is 30.3 Å². The summed E-state index contributed by atoms with van der Waals surface area (Å²) in [6, 6.07) is 20.5. The Bertz CT molecular complexity index is 1160. The minimum Gasteiger partial charge on any atom is -0.493 e. The van der Waals surface area contributed by atoms with Crippen LogP contribution in [0.15, 0.2) is 72.8 Å². The van der Waals surface area contributed by atoms with Crippen molar-refractivity contribution in [1.82, 2.24) is 5.32 Å². The molecule has 0 radical (unpaired) electrons. The van der Waals surface area contributed by atoms with Crippen LogP contribution in [0.5, 0.6) is 11.5 Å². The summed E-state index contributed by atoms with van der Waals surface area (Å²) in [5, 5.41) is 5.55. The maximum absolute atomic E-state index is 12.8.